The van der Waals surface area contributed by atoms with Crippen molar-refractivity contribution in [3.63, 3.8) is 0 Å². The molecule has 0 bridgehead atoms. The molecule has 1 aliphatic heterocycles. The number of esters is 1. The van der Waals surface area contributed by atoms with Gasteiger partial charge in [-0.05, 0) is 25.0 Å². The number of amides is 1. The van der Waals surface area contributed by atoms with Crippen molar-refractivity contribution in [2.75, 3.05) is 19.7 Å². The molecule has 6 nitrogen and oxygen atoms in total. The van der Waals surface area contributed by atoms with Gasteiger partial charge >= 0.3 is 12.1 Å². The minimum Gasteiger partial charge on any atom is -0.508 e. The largest absolute Gasteiger partial charge is 0.508 e. The molecule has 2 rings (SSSR count). The molecule has 1 aliphatic rings. The zero-order valence-corrected chi connectivity index (χ0v) is 12.5. The van der Waals surface area contributed by atoms with Gasteiger partial charge in [0.1, 0.15) is 17.1 Å². The minimum atomic E-state index is -4.37. The van der Waals surface area contributed by atoms with Crippen molar-refractivity contribution in [1.29, 1.82) is 0 Å². The van der Waals surface area contributed by atoms with E-state index in [-0.39, 0.29) is 30.7 Å². The summed E-state index contributed by atoms with van der Waals surface area (Å²) in [5, 5.41) is 18.7. The van der Waals surface area contributed by atoms with Gasteiger partial charge in [-0.2, -0.15) is 13.2 Å². The average Bonchev–Trinajstić information content (AvgIpc) is 2.51. The van der Waals surface area contributed by atoms with Crippen LogP contribution in [0, 0.1) is 5.92 Å². The normalized spacial score (nSPS) is 18.3. The summed E-state index contributed by atoms with van der Waals surface area (Å²) in [7, 11) is 0. The Morgan fingerprint density at radius 3 is 2.62 bits per heavy atom. The Morgan fingerprint density at radius 2 is 2.00 bits per heavy atom. The Labute approximate surface area is 135 Å². The smallest absolute Gasteiger partial charge is 0.393 e. The van der Waals surface area contributed by atoms with Crippen molar-refractivity contribution in [3.05, 3.63) is 23.8 Å². The Hall–Kier alpha value is -2.45. The highest BCUT2D eigenvalue weighted by molar-refractivity contribution is 5.94. The van der Waals surface area contributed by atoms with Crippen LogP contribution in [0.3, 0.4) is 0 Å². The molecule has 24 heavy (non-hydrogen) atoms. The number of benzene rings is 1. The number of halogens is 3. The molecule has 2 N–H and O–H groups in total. The summed E-state index contributed by atoms with van der Waals surface area (Å²) in [6, 6.07) is 3.19. The van der Waals surface area contributed by atoms with Crippen LogP contribution in [0.4, 0.5) is 13.2 Å². The van der Waals surface area contributed by atoms with Gasteiger partial charge in [-0.25, -0.2) is 4.79 Å². The fourth-order valence-corrected chi connectivity index (χ4v) is 2.46. The SMILES string of the molecule is O=C(OCC(=O)N1CCCC(C(F)(F)F)C1)c1ccc(O)cc1O. The monoisotopic (exact) mass is 347 g/mol. The number of phenols is 2. The zero-order valence-electron chi connectivity index (χ0n) is 12.5. The third-order valence-electron chi connectivity index (χ3n) is 3.76. The van der Waals surface area contributed by atoms with E-state index in [0.29, 0.717) is 0 Å². The van der Waals surface area contributed by atoms with Crippen LogP contribution in [-0.4, -0.2) is 52.9 Å². The molecular formula is C15H16F3NO5. The number of alkyl halides is 3. The summed E-state index contributed by atoms with van der Waals surface area (Å²) in [5.41, 5.74) is -0.257. The standard InChI is InChI=1S/C15H16F3NO5/c16-15(17,18)9-2-1-5-19(7-9)13(22)8-24-14(23)11-4-3-10(20)6-12(11)21/h3-4,6,9,20-21H,1-2,5,7-8H2. The lowest BCUT2D eigenvalue weighted by atomic mass is 9.97. The third kappa shape index (κ3) is 4.30. The third-order valence-corrected chi connectivity index (χ3v) is 3.76. The molecule has 1 aromatic rings. The van der Waals surface area contributed by atoms with Crippen LogP contribution < -0.4 is 0 Å². The van der Waals surface area contributed by atoms with Crippen LogP contribution in [0.25, 0.3) is 0 Å². The number of phenolic OH excluding ortho intramolecular Hbond substituents is 2. The Morgan fingerprint density at radius 1 is 1.29 bits per heavy atom. The highest BCUT2D eigenvalue weighted by Gasteiger charge is 2.42. The number of likely N-dealkylation sites (tertiary alicyclic amines) is 1. The van der Waals surface area contributed by atoms with Gasteiger partial charge in [0.05, 0.1) is 5.92 Å². The predicted octanol–water partition coefficient (Wildman–Crippen LogP) is 2.06. The molecule has 1 aromatic carbocycles. The summed E-state index contributed by atoms with van der Waals surface area (Å²) in [5.74, 6) is -4.10. The van der Waals surface area contributed by atoms with Crippen molar-refractivity contribution in [3.8, 4) is 11.5 Å². The van der Waals surface area contributed by atoms with E-state index in [1.807, 2.05) is 0 Å². The lowest BCUT2D eigenvalue weighted by molar-refractivity contribution is -0.188. The molecule has 0 radical (unpaired) electrons. The number of piperidine rings is 1. The summed E-state index contributed by atoms with van der Waals surface area (Å²) in [6.45, 7) is -0.999. The minimum absolute atomic E-state index is 0.0333. The maximum atomic E-state index is 12.7. The number of rotatable bonds is 3. The Balaban J connectivity index is 1.91. The van der Waals surface area contributed by atoms with E-state index in [1.54, 1.807) is 0 Å². The summed E-state index contributed by atoms with van der Waals surface area (Å²) < 4.78 is 42.9. The molecule has 1 heterocycles. The lowest BCUT2D eigenvalue weighted by Crippen LogP contribution is -2.46. The molecule has 0 spiro atoms. The number of hydrogen-bond donors (Lipinski definition) is 2. The van der Waals surface area contributed by atoms with Gasteiger partial charge in [0.15, 0.2) is 6.61 Å². The molecule has 1 fully saturated rings. The summed E-state index contributed by atoms with van der Waals surface area (Å²) >= 11 is 0. The molecular weight excluding hydrogens is 331 g/mol. The predicted molar refractivity (Wildman–Crippen MR) is 75.4 cm³/mol. The molecule has 0 aromatic heterocycles. The number of aromatic hydroxyl groups is 2. The van der Waals surface area contributed by atoms with E-state index < -0.39 is 42.9 Å². The van der Waals surface area contributed by atoms with Crippen molar-refractivity contribution in [1.82, 2.24) is 4.90 Å². The average molecular weight is 347 g/mol. The molecule has 1 unspecified atom stereocenters. The number of carbonyl (C=O) groups is 2. The van der Waals surface area contributed by atoms with E-state index in [9.17, 15) is 27.9 Å². The van der Waals surface area contributed by atoms with Crippen molar-refractivity contribution < 1.29 is 37.7 Å². The lowest BCUT2D eigenvalue weighted by Gasteiger charge is -2.33. The highest BCUT2D eigenvalue weighted by Crippen LogP contribution is 2.33. The molecule has 1 atom stereocenters. The fraction of sp³-hybridized carbons (Fsp3) is 0.467. The Bertz CT molecular complexity index is 632. The number of carbonyl (C=O) groups excluding carboxylic acids is 2. The van der Waals surface area contributed by atoms with Crippen LogP contribution in [-0.2, 0) is 9.53 Å². The molecule has 0 saturated carbocycles. The van der Waals surface area contributed by atoms with Crippen LogP contribution in [0.1, 0.15) is 23.2 Å². The van der Waals surface area contributed by atoms with Gasteiger partial charge in [-0.3, -0.25) is 4.79 Å². The quantitative estimate of drug-likeness (QED) is 0.818. The van der Waals surface area contributed by atoms with Gasteiger partial charge in [0.25, 0.3) is 5.91 Å². The van der Waals surface area contributed by atoms with E-state index in [1.165, 1.54) is 0 Å². The zero-order chi connectivity index (χ0) is 17.9. The van der Waals surface area contributed by atoms with Gasteiger partial charge in [0, 0.05) is 19.2 Å². The number of nitrogens with zero attached hydrogens (tertiary/aromatic N) is 1. The van der Waals surface area contributed by atoms with Crippen molar-refractivity contribution in [2.45, 2.75) is 19.0 Å². The summed E-state index contributed by atoms with van der Waals surface area (Å²) in [4.78, 5) is 24.7. The van der Waals surface area contributed by atoms with Crippen LogP contribution in [0.2, 0.25) is 0 Å². The van der Waals surface area contributed by atoms with Gasteiger partial charge < -0.3 is 19.8 Å². The van der Waals surface area contributed by atoms with Gasteiger partial charge in [-0.15, -0.1) is 0 Å². The molecule has 1 amide bonds. The highest BCUT2D eigenvalue weighted by atomic mass is 19.4. The first-order valence-electron chi connectivity index (χ1n) is 7.22. The first kappa shape index (κ1) is 17.9. The summed E-state index contributed by atoms with van der Waals surface area (Å²) in [6.07, 6.45) is -4.18. The second-order valence-electron chi connectivity index (χ2n) is 5.50. The van der Waals surface area contributed by atoms with Gasteiger partial charge in [0.2, 0.25) is 0 Å². The van der Waals surface area contributed by atoms with Crippen molar-refractivity contribution >= 4 is 11.9 Å². The first-order chi connectivity index (χ1) is 11.2. The topological polar surface area (TPSA) is 87.1 Å². The maximum absolute atomic E-state index is 12.7. The van der Waals surface area contributed by atoms with Crippen molar-refractivity contribution in [2.24, 2.45) is 5.92 Å². The number of hydrogen-bond acceptors (Lipinski definition) is 5. The van der Waals surface area contributed by atoms with Crippen LogP contribution in [0.15, 0.2) is 18.2 Å². The van der Waals surface area contributed by atoms with E-state index >= 15 is 0 Å². The molecule has 9 heteroatoms. The second-order valence-corrected chi connectivity index (χ2v) is 5.50. The van der Waals surface area contributed by atoms with Crippen LogP contribution in [0.5, 0.6) is 11.5 Å². The maximum Gasteiger partial charge on any atom is 0.393 e. The molecule has 132 valence electrons. The first-order valence-corrected chi connectivity index (χ1v) is 7.22. The Kier molecular flexibility index (Phi) is 5.20. The van der Waals surface area contributed by atoms with Gasteiger partial charge in [-0.1, -0.05) is 0 Å². The molecule has 0 aliphatic carbocycles. The number of ether oxygens (including phenoxy) is 1. The van der Waals surface area contributed by atoms with E-state index in [2.05, 4.69) is 0 Å². The van der Waals surface area contributed by atoms with E-state index in [0.717, 1.165) is 23.1 Å². The second kappa shape index (κ2) is 6.98. The van der Waals surface area contributed by atoms with Crippen LogP contribution >= 0.6 is 0 Å². The fourth-order valence-electron chi connectivity index (χ4n) is 2.46. The van der Waals surface area contributed by atoms with E-state index in [4.69, 9.17) is 9.84 Å². The molecule has 1 saturated heterocycles.